The lowest BCUT2D eigenvalue weighted by Gasteiger charge is -2.16. The number of anilines is 2. The summed E-state index contributed by atoms with van der Waals surface area (Å²) in [5, 5.41) is 9.42. The van der Waals surface area contributed by atoms with Crippen LogP contribution in [0.5, 0.6) is 0 Å². The van der Waals surface area contributed by atoms with Crippen LogP contribution in [0.15, 0.2) is 67.0 Å². The number of nitrogens with zero attached hydrogens (tertiary/aromatic N) is 3. The molecule has 1 N–H and O–H groups in total. The van der Waals surface area contributed by atoms with Gasteiger partial charge in [0.1, 0.15) is 11.6 Å². The first kappa shape index (κ1) is 22.7. The van der Waals surface area contributed by atoms with E-state index < -0.39 is 41.3 Å². The zero-order valence-electron chi connectivity index (χ0n) is 17.3. The Kier molecular flexibility index (Phi) is 7.38. The van der Waals surface area contributed by atoms with Crippen molar-refractivity contribution in [2.75, 3.05) is 11.9 Å². The predicted octanol–water partition coefficient (Wildman–Crippen LogP) is 4.90. The molecule has 0 bridgehead atoms. The zero-order chi connectivity index (χ0) is 23.1. The van der Waals surface area contributed by atoms with Gasteiger partial charge in [-0.2, -0.15) is 0 Å². The Balaban J connectivity index is 1.64. The van der Waals surface area contributed by atoms with E-state index in [0.717, 1.165) is 29.4 Å². The van der Waals surface area contributed by atoms with E-state index in [2.05, 4.69) is 9.97 Å². The van der Waals surface area contributed by atoms with E-state index in [9.17, 15) is 23.5 Å². The molecule has 0 saturated carbocycles. The van der Waals surface area contributed by atoms with Crippen LogP contribution in [0.3, 0.4) is 0 Å². The fourth-order valence-corrected chi connectivity index (χ4v) is 3.12. The molecule has 164 valence electrons. The summed E-state index contributed by atoms with van der Waals surface area (Å²) < 4.78 is 27.6. The first-order chi connectivity index (χ1) is 15.4. The summed E-state index contributed by atoms with van der Waals surface area (Å²) in [6.07, 6.45) is 6.20. The largest absolute Gasteiger partial charge is 0.481 e. The molecule has 0 radical (unpaired) electrons. The van der Waals surface area contributed by atoms with Crippen molar-refractivity contribution in [1.82, 2.24) is 9.97 Å². The Bertz CT molecular complexity index is 1100. The molecule has 2 aromatic carbocycles. The van der Waals surface area contributed by atoms with Crippen molar-refractivity contribution in [2.24, 2.45) is 5.92 Å². The number of carbonyl (C=O) groups is 2. The number of carboxylic acids is 1. The van der Waals surface area contributed by atoms with Gasteiger partial charge in [-0.05, 0) is 42.3 Å². The maximum absolute atomic E-state index is 13.8. The van der Waals surface area contributed by atoms with E-state index in [1.165, 1.54) is 0 Å². The fourth-order valence-electron chi connectivity index (χ4n) is 3.12. The lowest BCUT2D eigenvalue weighted by Crippen LogP contribution is -2.19. The lowest BCUT2D eigenvalue weighted by atomic mass is 9.94. The molecule has 1 atom stereocenters. The minimum Gasteiger partial charge on any atom is -0.481 e. The average Bonchev–Trinajstić information content (AvgIpc) is 2.78. The molecule has 0 spiro atoms. The number of aromatic nitrogens is 2. The third-order valence-electron chi connectivity index (χ3n) is 4.89. The number of Topliss-reactive ketones (excluding diaryl/α,β-unsaturated/α-hetero) is 1. The van der Waals surface area contributed by atoms with E-state index in [1.54, 1.807) is 30.6 Å². The second kappa shape index (κ2) is 10.4. The third kappa shape index (κ3) is 5.60. The summed E-state index contributed by atoms with van der Waals surface area (Å²) in [6, 6.07) is 12.3. The summed E-state index contributed by atoms with van der Waals surface area (Å²) in [6.45, 7) is 0. The van der Waals surface area contributed by atoms with Gasteiger partial charge in [-0.1, -0.05) is 30.4 Å². The van der Waals surface area contributed by atoms with Crippen molar-refractivity contribution in [1.29, 1.82) is 0 Å². The monoisotopic (exact) mass is 437 g/mol. The van der Waals surface area contributed by atoms with Gasteiger partial charge in [-0.3, -0.25) is 9.59 Å². The topological polar surface area (TPSA) is 83.4 Å². The van der Waals surface area contributed by atoms with Crippen LogP contribution in [0.25, 0.3) is 6.08 Å². The van der Waals surface area contributed by atoms with E-state index >= 15 is 0 Å². The number of allylic oxidation sites excluding steroid dienone is 1. The standard InChI is InChI=1S/C24H21F2N3O3/c1-29(24-27-13-4-14-28-24)18-11-9-16(10-12-18)5-2-6-17(23(31)32)15-21(30)22-19(25)7-3-8-20(22)26/h2-5,7-14,17H,6,15H2,1H3,(H,31,32)/b5-2+. The molecule has 0 fully saturated rings. The Labute approximate surface area is 183 Å². The Morgan fingerprint density at radius 2 is 1.66 bits per heavy atom. The van der Waals surface area contributed by atoms with Crippen LogP contribution in [0.1, 0.15) is 28.8 Å². The molecule has 6 nitrogen and oxygen atoms in total. The van der Waals surface area contributed by atoms with Crippen molar-refractivity contribution < 1.29 is 23.5 Å². The first-order valence-electron chi connectivity index (χ1n) is 9.84. The highest BCUT2D eigenvalue weighted by Crippen LogP contribution is 2.22. The number of benzene rings is 2. The van der Waals surface area contributed by atoms with Crippen molar-refractivity contribution in [2.45, 2.75) is 12.8 Å². The van der Waals surface area contributed by atoms with Gasteiger partial charge in [0.25, 0.3) is 0 Å². The van der Waals surface area contributed by atoms with E-state index in [0.29, 0.717) is 5.95 Å². The van der Waals surface area contributed by atoms with Crippen LogP contribution in [0.4, 0.5) is 20.4 Å². The summed E-state index contributed by atoms with van der Waals surface area (Å²) in [5.74, 6) is -4.63. The number of carboxylic acid groups (broad SMARTS) is 1. The average molecular weight is 437 g/mol. The van der Waals surface area contributed by atoms with Crippen LogP contribution < -0.4 is 4.90 Å². The predicted molar refractivity (Wildman–Crippen MR) is 117 cm³/mol. The van der Waals surface area contributed by atoms with Gasteiger partial charge in [0.05, 0.1) is 11.5 Å². The fraction of sp³-hybridized carbons (Fsp3) is 0.167. The first-order valence-corrected chi connectivity index (χ1v) is 9.84. The molecule has 1 aromatic heterocycles. The molecule has 32 heavy (non-hydrogen) atoms. The molecule has 3 aromatic rings. The number of halogens is 2. The number of hydrogen-bond acceptors (Lipinski definition) is 5. The zero-order valence-corrected chi connectivity index (χ0v) is 17.3. The summed E-state index contributed by atoms with van der Waals surface area (Å²) >= 11 is 0. The Morgan fingerprint density at radius 1 is 1.03 bits per heavy atom. The Morgan fingerprint density at radius 3 is 2.25 bits per heavy atom. The van der Waals surface area contributed by atoms with Crippen LogP contribution in [0.2, 0.25) is 0 Å². The van der Waals surface area contributed by atoms with Crippen LogP contribution in [-0.4, -0.2) is 33.9 Å². The summed E-state index contributed by atoms with van der Waals surface area (Å²) in [5.41, 5.74) is 0.992. The molecule has 0 amide bonds. The quantitative estimate of drug-likeness (QED) is 0.480. The molecule has 1 unspecified atom stereocenters. The number of aliphatic carboxylic acids is 1. The highest BCUT2D eigenvalue weighted by molar-refractivity contribution is 5.98. The van der Waals surface area contributed by atoms with Crippen LogP contribution in [0, 0.1) is 17.6 Å². The van der Waals surface area contributed by atoms with Gasteiger partial charge in [-0.25, -0.2) is 18.7 Å². The normalized spacial score (nSPS) is 12.0. The Hall–Kier alpha value is -3.94. The summed E-state index contributed by atoms with van der Waals surface area (Å²) in [7, 11) is 1.84. The maximum atomic E-state index is 13.8. The van der Waals surface area contributed by atoms with Crippen molar-refractivity contribution in [3.8, 4) is 0 Å². The molecule has 0 aliphatic heterocycles. The number of hydrogen-bond donors (Lipinski definition) is 1. The minimum absolute atomic E-state index is 0.0383. The highest BCUT2D eigenvalue weighted by Gasteiger charge is 2.24. The molecule has 8 heteroatoms. The smallest absolute Gasteiger partial charge is 0.307 e. The maximum Gasteiger partial charge on any atom is 0.307 e. The number of rotatable bonds is 9. The highest BCUT2D eigenvalue weighted by atomic mass is 19.1. The molecule has 1 heterocycles. The van der Waals surface area contributed by atoms with Crippen LogP contribution in [-0.2, 0) is 4.79 Å². The molecular weight excluding hydrogens is 416 g/mol. The van der Waals surface area contributed by atoms with Gasteiger partial charge in [0.2, 0.25) is 5.95 Å². The van der Waals surface area contributed by atoms with Gasteiger partial charge in [0.15, 0.2) is 5.78 Å². The van der Waals surface area contributed by atoms with E-state index in [4.69, 9.17) is 0 Å². The second-order valence-electron chi connectivity index (χ2n) is 7.10. The van der Waals surface area contributed by atoms with Crippen LogP contribution >= 0.6 is 0 Å². The molecule has 0 aliphatic rings. The molecular formula is C24H21F2N3O3. The van der Waals surface area contributed by atoms with Gasteiger partial charge in [-0.15, -0.1) is 0 Å². The number of ketones is 1. The van der Waals surface area contributed by atoms with Crippen molar-refractivity contribution in [3.63, 3.8) is 0 Å². The second-order valence-corrected chi connectivity index (χ2v) is 7.10. The van der Waals surface area contributed by atoms with Gasteiger partial charge < -0.3 is 10.0 Å². The molecule has 0 aliphatic carbocycles. The van der Waals surface area contributed by atoms with Gasteiger partial charge >= 0.3 is 5.97 Å². The molecule has 3 rings (SSSR count). The SMILES string of the molecule is CN(c1ccc(/C=C/CC(CC(=O)c2c(F)cccc2F)C(=O)O)cc1)c1ncccn1. The van der Waals surface area contributed by atoms with E-state index in [1.807, 2.05) is 36.2 Å². The van der Waals surface area contributed by atoms with Crippen molar-refractivity contribution >= 4 is 29.5 Å². The third-order valence-corrected chi connectivity index (χ3v) is 4.89. The van der Waals surface area contributed by atoms with Crippen molar-refractivity contribution in [3.05, 3.63) is 89.8 Å². The van der Waals surface area contributed by atoms with E-state index in [-0.39, 0.29) is 6.42 Å². The van der Waals surface area contributed by atoms with Gasteiger partial charge in [0, 0.05) is 31.5 Å². The minimum atomic E-state index is -1.21. The number of carbonyl (C=O) groups excluding carboxylic acids is 1. The summed E-state index contributed by atoms with van der Waals surface area (Å²) in [4.78, 5) is 34.0. The molecule has 0 saturated heterocycles. The lowest BCUT2D eigenvalue weighted by molar-refractivity contribution is -0.141.